The molecule has 2 saturated heterocycles. The van der Waals surface area contributed by atoms with Crippen molar-refractivity contribution in [2.75, 3.05) is 64.4 Å². The molecule has 2 N–H and O–H groups in total. The van der Waals surface area contributed by atoms with Gasteiger partial charge in [-0.2, -0.15) is 0 Å². The van der Waals surface area contributed by atoms with Crippen molar-refractivity contribution in [2.45, 2.75) is 25.8 Å². The van der Waals surface area contributed by atoms with E-state index in [4.69, 9.17) is 4.74 Å². The Bertz CT molecular complexity index is 579. The minimum absolute atomic E-state index is 0. The summed E-state index contributed by atoms with van der Waals surface area (Å²) in [5, 5.41) is 7.15. The number of halogens is 1. The third-order valence-corrected chi connectivity index (χ3v) is 5.40. The molecule has 2 aliphatic heterocycles. The van der Waals surface area contributed by atoms with Crippen LogP contribution in [0.15, 0.2) is 35.3 Å². The van der Waals surface area contributed by atoms with Gasteiger partial charge in [0.05, 0.1) is 13.2 Å². The van der Waals surface area contributed by atoms with Gasteiger partial charge >= 0.3 is 0 Å². The van der Waals surface area contributed by atoms with E-state index in [-0.39, 0.29) is 24.0 Å². The van der Waals surface area contributed by atoms with Crippen LogP contribution in [-0.2, 0) is 4.74 Å². The van der Waals surface area contributed by atoms with Crippen LogP contribution in [0.1, 0.15) is 19.8 Å². The van der Waals surface area contributed by atoms with Crippen molar-refractivity contribution in [1.29, 1.82) is 0 Å². The maximum absolute atomic E-state index is 5.43. The minimum Gasteiger partial charge on any atom is -0.379 e. The van der Waals surface area contributed by atoms with Gasteiger partial charge in [-0.1, -0.05) is 25.1 Å². The third kappa shape index (κ3) is 7.40. The van der Waals surface area contributed by atoms with Crippen LogP contribution in [0.4, 0.5) is 5.69 Å². The van der Waals surface area contributed by atoms with Crippen LogP contribution in [-0.4, -0.2) is 76.4 Å². The molecule has 0 radical (unpaired) electrons. The van der Waals surface area contributed by atoms with Gasteiger partial charge in [0.1, 0.15) is 0 Å². The predicted octanol–water partition coefficient (Wildman–Crippen LogP) is 2.41. The molecule has 7 heteroatoms. The Morgan fingerprint density at radius 2 is 1.96 bits per heavy atom. The van der Waals surface area contributed by atoms with Crippen molar-refractivity contribution in [1.82, 2.24) is 15.5 Å². The molecule has 1 aromatic rings. The summed E-state index contributed by atoms with van der Waals surface area (Å²) in [7, 11) is 1.86. The monoisotopic (exact) mass is 501 g/mol. The Morgan fingerprint density at radius 1 is 1.21 bits per heavy atom. The second kappa shape index (κ2) is 12.5. The van der Waals surface area contributed by atoms with Crippen molar-refractivity contribution in [2.24, 2.45) is 10.9 Å². The van der Waals surface area contributed by atoms with Crippen LogP contribution in [0, 0.1) is 5.92 Å². The molecule has 0 amide bonds. The van der Waals surface area contributed by atoms with E-state index in [1.165, 1.54) is 18.5 Å². The predicted molar refractivity (Wildman–Crippen MR) is 128 cm³/mol. The summed E-state index contributed by atoms with van der Waals surface area (Å²) < 4.78 is 5.43. The molecule has 2 heterocycles. The van der Waals surface area contributed by atoms with Gasteiger partial charge in [0.15, 0.2) is 5.96 Å². The Morgan fingerprint density at radius 3 is 2.68 bits per heavy atom. The number of morpholine rings is 1. The second-order valence-corrected chi connectivity index (χ2v) is 7.74. The van der Waals surface area contributed by atoms with E-state index in [1.807, 2.05) is 7.05 Å². The quantitative estimate of drug-likeness (QED) is 0.356. The molecule has 2 aliphatic rings. The first-order valence-corrected chi connectivity index (χ1v) is 10.3. The normalized spacial score (nSPS) is 22.3. The number of guanidine groups is 1. The van der Waals surface area contributed by atoms with E-state index in [0.29, 0.717) is 12.0 Å². The molecule has 2 atom stereocenters. The summed E-state index contributed by atoms with van der Waals surface area (Å²) in [4.78, 5) is 9.40. The van der Waals surface area contributed by atoms with E-state index in [1.54, 1.807) is 0 Å². The van der Waals surface area contributed by atoms with Gasteiger partial charge in [-0.25, -0.2) is 0 Å². The van der Waals surface area contributed by atoms with E-state index in [2.05, 4.69) is 62.7 Å². The van der Waals surface area contributed by atoms with Gasteiger partial charge in [0, 0.05) is 58.0 Å². The highest BCUT2D eigenvalue weighted by Crippen LogP contribution is 2.19. The first-order valence-electron chi connectivity index (χ1n) is 10.3. The first-order chi connectivity index (χ1) is 13.2. The van der Waals surface area contributed by atoms with Gasteiger partial charge in [0.2, 0.25) is 0 Å². The molecule has 1 aromatic carbocycles. The lowest BCUT2D eigenvalue weighted by atomic mass is 10.0. The lowest BCUT2D eigenvalue weighted by Gasteiger charge is -2.35. The number of rotatable bonds is 6. The van der Waals surface area contributed by atoms with Gasteiger partial charge in [-0.15, -0.1) is 24.0 Å². The number of nitrogens with zero attached hydrogens (tertiary/aromatic N) is 3. The van der Waals surface area contributed by atoms with E-state index in [0.717, 1.165) is 58.4 Å². The Balaban J connectivity index is 0.00000280. The highest BCUT2D eigenvalue weighted by molar-refractivity contribution is 14.0. The topological polar surface area (TPSA) is 52.1 Å². The number of anilines is 1. The Labute approximate surface area is 187 Å². The third-order valence-electron chi connectivity index (χ3n) is 5.40. The largest absolute Gasteiger partial charge is 0.379 e. The zero-order chi connectivity index (χ0) is 18.9. The molecule has 2 unspecified atom stereocenters. The molecule has 0 aromatic heterocycles. The minimum atomic E-state index is 0. The molecular formula is C21H36IN5O. The highest BCUT2D eigenvalue weighted by Gasteiger charge is 2.21. The van der Waals surface area contributed by atoms with Crippen LogP contribution >= 0.6 is 24.0 Å². The zero-order valence-corrected chi connectivity index (χ0v) is 19.6. The summed E-state index contributed by atoms with van der Waals surface area (Å²) in [6.45, 7) is 10.3. The Hall–Kier alpha value is -1.06. The van der Waals surface area contributed by atoms with Gasteiger partial charge in [0.25, 0.3) is 0 Å². The molecule has 158 valence electrons. The first kappa shape index (κ1) is 23.2. The van der Waals surface area contributed by atoms with Crippen LogP contribution in [0.25, 0.3) is 0 Å². The van der Waals surface area contributed by atoms with Gasteiger partial charge < -0.3 is 20.3 Å². The van der Waals surface area contributed by atoms with Crippen LogP contribution in [0.5, 0.6) is 0 Å². The van der Waals surface area contributed by atoms with Crippen molar-refractivity contribution in [3.05, 3.63) is 30.3 Å². The number of benzene rings is 1. The van der Waals surface area contributed by atoms with Gasteiger partial charge in [-0.05, 0) is 30.9 Å². The smallest absolute Gasteiger partial charge is 0.191 e. The zero-order valence-electron chi connectivity index (χ0n) is 17.3. The summed E-state index contributed by atoms with van der Waals surface area (Å²) in [6.07, 6.45) is 2.39. The summed E-state index contributed by atoms with van der Waals surface area (Å²) in [5.74, 6) is 1.50. The average Bonchev–Trinajstić information content (AvgIpc) is 2.72. The molecular weight excluding hydrogens is 465 g/mol. The summed E-state index contributed by atoms with van der Waals surface area (Å²) in [6, 6.07) is 11.1. The SMILES string of the molecule is CN=C(NCC(C)CN1CCOCC1)NC1CCCN(c2ccccc2)C1.I. The Kier molecular flexibility index (Phi) is 10.4. The number of ether oxygens (including phenoxy) is 1. The van der Waals surface area contributed by atoms with Crippen molar-refractivity contribution in [3.63, 3.8) is 0 Å². The molecule has 0 aliphatic carbocycles. The number of piperidine rings is 1. The summed E-state index contributed by atoms with van der Waals surface area (Å²) >= 11 is 0. The highest BCUT2D eigenvalue weighted by atomic mass is 127. The molecule has 6 nitrogen and oxygen atoms in total. The lowest BCUT2D eigenvalue weighted by Crippen LogP contribution is -2.52. The summed E-state index contributed by atoms with van der Waals surface area (Å²) in [5.41, 5.74) is 1.31. The fourth-order valence-corrected chi connectivity index (χ4v) is 3.92. The molecule has 0 spiro atoms. The number of hydrogen-bond donors (Lipinski definition) is 2. The van der Waals surface area contributed by atoms with Crippen molar-refractivity contribution in [3.8, 4) is 0 Å². The molecule has 28 heavy (non-hydrogen) atoms. The number of aliphatic imine (C=N–C) groups is 1. The molecule has 0 bridgehead atoms. The maximum Gasteiger partial charge on any atom is 0.191 e. The number of para-hydroxylation sites is 1. The maximum atomic E-state index is 5.43. The fourth-order valence-electron chi connectivity index (χ4n) is 3.92. The second-order valence-electron chi connectivity index (χ2n) is 7.74. The standard InChI is InChI=1S/C21H35N5O.HI/c1-18(16-25-11-13-27-14-12-25)15-23-21(22-2)24-19-7-6-10-26(17-19)20-8-4-3-5-9-20;/h3-5,8-9,18-19H,6-7,10-17H2,1-2H3,(H2,22,23,24);1H. The average molecular weight is 501 g/mol. The lowest BCUT2D eigenvalue weighted by molar-refractivity contribution is 0.0320. The van der Waals surface area contributed by atoms with Crippen molar-refractivity contribution < 1.29 is 4.74 Å². The van der Waals surface area contributed by atoms with Crippen LogP contribution < -0.4 is 15.5 Å². The fraction of sp³-hybridized carbons (Fsp3) is 0.667. The molecule has 0 saturated carbocycles. The molecule has 2 fully saturated rings. The van der Waals surface area contributed by atoms with Gasteiger partial charge in [-0.3, -0.25) is 9.89 Å². The van der Waals surface area contributed by atoms with E-state index < -0.39 is 0 Å². The van der Waals surface area contributed by atoms with Crippen LogP contribution in [0.2, 0.25) is 0 Å². The van der Waals surface area contributed by atoms with E-state index >= 15 is 0 Å². The number of hydrogen-bond acceptors (Lipinski definition) is 4. The van der Waals surface area contributed by atoms with Crippen molar-refractivity contribution >= 4 is 35.6 Å². The van der Waals surface area contributed by atoms with E-state index in [9.17, 15) is 0 Å². The van der Waals surface area contributed by atoms with Crippen LogP contribution in [0.3, 0.4) is 0 Å². The molecule has 3 rings (SSSR count). The number of nitrogens with one attached hydrogen (secondary N) is 2.